The predicted molar refractivity (Wildman–Crippen MR) is 65.5 cm³/mol. The van der Waals surface area contributed by atoms with Crippen LogP contribution in [0, 0.1) is 5.82 Å². The van der Waals surface area contributed by atoms with E-state index < -0.39 is 11.8 Å². The van der Waals surface area contributed by atoms with Crippen molar-refractivity contribution in [2.24, 2.45) is 0 Å². The largest absolute Gasteiger partial charge is 0.465 e. The third-order valence-electron chi connectivity index (χ3n) is 2.20. The summed E-state index contributed by atoms with van der Waals surface area (Å²) in [5, 5.41) is 2.54. The number of carbonyl (C=O) groups excluding carboxylic acids is 2. The van der Waals surface area contributed by atoms with Gasteiger partial charge < -0.3 is 10.1 Å². The van der Waals surface area contributed by atoms with Gasteiger partial charge >= 0.3 is 5.97 Å². The van der Waals surface area contributed by atoms with Crippen LogP contribution in [0.25, 0.3) is 6.08 Å². The number of hydrogen-bond donors (Lipinski definition) is 1. The molecule has 0 aromatic heterocycles. The molecule has 0 bridgehead atoms. The van der Waals surface area contributed by atoms with Crippen LogP contribution < -0.4 is 5.32 Å². The van der Waals surface area contributed by atoms with Crippen LogP contribution >= 0.6 is 0 Å². The minimum atomic E-state index is -0.718. The van der Waals surface area contributed by atoms with E-state index in [2.05, 4.69) is 10.1 Å². The number of methoxy groups -OCH3 is 1. The summed E-state index contributed by atoms with van der Waals surface area (Å²) in [5.41, 5.74) is 0.155. The Bertz CT molecular complexity index is 483. The third-order valence-corrected chi connectivity index (χ3v) is 2.20. The van der Waals surface area contributed by atoms with Crippen molar-refractivity contribution in [1.29, 1.82) is 0 Å². The molecule has 1 aromatic rings. The number of rotatable bonds is 4. The number of esters is 1. The summed E-state index contributed by atoms with van der Waals surface area (Å²) in [6.07, 6.45) is 3.10. The van der Waals surface area contributed by atoms with E-state index in [0.717, 1.165) is 0 Å². The molecule has 5 heteroatoms. The molecule has 0 spiro atoms. The van der Waals surface area contributed by atoms with Gasteiger partial charge in [-0.2, -0.15) is 0 Å². The minimum Gasteiger partial charge on any atom is -0.465 e. The Morgan fingerprint density at radius 3 is 2.78 bits per heavy atom. The number of amides is 1. The second-order valence-corrected chi connectivity index (χ2v) is 3.54. The van der Waals surface area contributed by atoms with E-state index in [1.807, 2.05) is 0 Å². The quantitative estimate of drug-likeness (QED) is 0.830. The molecule has 0 unspecified atom stereocenters. The first kappa shape index (κ1) is 13.9. The Morgan fingerprint density at radius 2 is 2.17 bits per heavy atom. The highest BCUT2D eigenvalue weighted by molar-refractivity contribution is 5.90. The molecule has 0 aliphatic carbocycles. The summed E-state index contributed by atoms with van der Waals surface area (Å²) in [6, 6.07) is 4.45. The molecule has 0 aliphatic heterocycles. The molecule has 0 aliphatic rings. The van der Waals surface area contributed by atoms with E-state index in [1.54, 1.807) is 12.1 Å². The first-order valence-corrected chi connectivity index (χ1v) is 5.34. The number of ether oxygens (including phenoxy) is 1. The zero-order chi connectivity index (χ0) is 13.5. The third kappa shape index (κ3) is 3.69. The van der Waals surface area contributed by atoms with Gasteiger partial charge in [0.25, 0.3) is 0 Å². The van der Waals surface area contributed by atoms with Crippen LogP contribution in [0.1, 0.15) is 22.8 Å². The van der Waals surface area contributed by atoms with E-state index in [-0.39, 0.29) is 17.0 Å². The van der Waals surface area contributed by atoms with E-state index in [0.29, 0.717) is 6.54 Å². The molecule has 0 fully saturated rings. The SMILES string of the molecule is COC(=O)c1cccc(C=CCNC(C)=O)c1F. The van der Waals surface area contributed by atoms with E-state index in [1.165, 1.54) is 32.2 Å². The van der Waals surface area contributed by atoms with Crippen molar-refractivity contribution >= 4 is 18.0 Å². The lowest BCUT2D eigenvalue weighted by molar-refractivity contribution is -0.118. The van der Waals surface area contributed by atoms with Gasteiger partial charge in [-0.1, -0.05) is 24.3 Å². The lowest BCUT2D eigenvalue weighted by atomic mass is 10.1. The monoisotopic (exact) mass is 251 g/mol. The van der Waals surface area contributed by atoms with Crippen LogP contribution in [-0.2, 0) is 9.53 Å². The molecule has 0 heterocycles. The molecule has 0 atom stereocenters. The molecule has 4 nitrogen and oxygen atoms in total. The van der Waals surface area contributed by atoms with Gasteiger partial charge in [-0.15, -0.1) is 0 Å². The number of carbonyl (C=O) groups is 2. The molecule has 0 radical (unpaired) electrons. The van der Waals surface area contributed by atoms with Crippen LogP contribution in [0.4, 0.5) is 4.39 Å². The highest BCUT2D eigenvalue weighted by atomic mass is 19.1. The van der Waals surface area contributed by atoms with Crippen LogP contribution in [-0.4, -0.2) is 25.5 Å². The van der Waals surface area contributed by atoms with Gasteiger partial charge in [0, 0.05) is 19.0 Å². The predicted octanol–water partition coefficient (Wildman–Crippen LogP) is 1.76. The topological polar surface area (TPSA) is 55.4 Å². The molecular weight excluding hydrogens is 237 g/mol. The maximum absolute atomic E-state index is 13.9. The van der Waals surface area contributed by atoms with Crippen molar-refractivity contribution in [1.82, 2.24) is 5.32 Å². The summed E-state index contributed by atoms with van der Waals surface area (Å²) >= 11 is 0. The Balaban J connectivity index is 2.84. The van der Waals surface area contributed by atoms with E-state index in [4.69, 9.17) is 0 Å². The fraction of sp³-hybridized carbons (Fsp3) is 0.231. The second kappa shape index (κ2) is 6.54. The maximum atomic E-state index is 13.9. The van der Waals surface area contributed by atoms with Gasteiger partial charge in [-0.05, 0) is 6.07 Å². The van der Waals surface area contributed by atoms with Gasteiger partial charge in [0.2, 0.25) is 5.91 Å². The average molecular weight is 251 g/mol. The Kier molecular flexibility index (Phi) is 5.05. The van der Waals surface area contributed by atoms with E-state index >= 15 is 0 Å². The molecule has 1 N–H and O–H groups in total. The first-order valence-electron chi connectivity index (χ1n) is 5.34. The lowest BCUT2D eigenvalue weighted by Gasteiger charge is -2.03. The summed E-state index contributed by atoms with van der Waals surface area (Å²) in [7, 11) is 1.20. The van der Waals surface area contributed by atoms with Crippen molar-refractivity contribution in [3.8, 4) is 0 Å². The zero-order valence-corrected chi connectivity index (χ0v) is 10.2. The Hall–Kier alpha value is -2.17. The fourth-order valence-electron chi connectivity index (χ4n) is 1.33. The summed E-state index contributed by atoms with van der Waals surface area (Å²) < 4.78 is 18.3. The van der Waals surface area contributed by atoms with E-state index in [9.17, 15) is 14.0 Å². The molecule has 0 saturated carbocycles. The van der Waals surface area contributed by atoms with Crippen molar-refractivity contribution < 1.29 is 18.7 Å². The zero-order valence-electron chi connectivity index (χ0n) is 10.2. The van der Waals surface area contributed by atoms with Crippen molar-refractivity contribution in [3.63, 3.8) is 0 Å². The van der Waals surface area contributed by atoms with Crippen molar-refractivity contribution in [2.75, 3.05) is 13.7 Å². The Morgan fingerprint density at radius 1 is 1.44 bits per heavy atom. The van der Waals surface area contributed by atoms with Crippen LogP contribution in [0.15, 0.2) is 24.3 Å². The summed E-state index contributed by atoms with van der Waals surface area (Å²) in [5.74, 6) is -1.52. The molecular formula is C13H14FNO3. The second-order valence-electron chi connectivity index (χ2n) is 3.54. The van der Waals surface area contributed by atoms with Crippen LogP contribution in [0.3, 0.4) is 0 Å². The smallest absolute Gasteiger partial charge is 0.340 e. The normalized spacial score (nSPS) is 10.4. The van der Waals surface area contributed by atoms with Gasteiger partial charge in [0.1, 0.15) is 5.82 Å². The highest BCUT2D eigenvalue weighted by Gasteiger charge is 2.13. The van der Waals surface area contributed by atoms with Gasteiger partial charge in [-0.25, -0.2) is 9.18 Å². The molecule has 1 aromatic carbocycles. The van der Waals surface area contributed by atoms with Gasteiger partial charge in [-0.3, -0.25) is 4.79 Å². The minimum absolute atomic E-state index is 0.112. The van der Waals surface area contributed by atoms with Crippen molar-refractivity contribution in [3.05, 3.63) is 41.2 Å². The van der Waals surface area contributed by atoms with Crippen molar-refractivity contribution in [2.45, 2.75) is 6.92 Å². The summed E-state index contributed by atoms with van der Waals surface area (Å²) in [4.78, 5) is 21.9. The van der Waals surface area contributed by atoms with Crippen LogP contribution in [0.2, 0.25) is 0 Å². The molecule has 1 rings (SSSR count). The van der Waals surface area contributed by atoms with Gasteiger partial charge in [0.15, 0.2) is 0 Å². The maximum Gasteiger partial charge on any atom is 0.340 e. The number of nitrogens with one attached hydrogen (secondary N) is 1. The number of hydrogen-bond acceptors (Lipinski definition) is 3. The highest BCUT2D eigenvalue weighted by Crippen LogP contribution is 2.15. The first-order chi connectivity index (χ1) is 8.56. The standard InChI is InChI=1S/C13H14FNO3/c1-9(16)15-8-4-6-10-5-3-7-11(12(10)14)13(17)18-2/h3-7H,8H2,1-2H3,(H,15,16). The average Bonchev–Trinajstić information content (AvgIpc) is 2.35. The number of benzene rings is 1. The summed E-state index contributed by atoms with van der Waals surface area (Å²) in [6.45, 7) is 1.70. The molecule has 18 heavy (non-hydrogen) atoms. The molecule has 0 saturated heterocycles. The molecule has 1 amide bonds. The Labute approximate surface area is 104 Å². The molecule has 96 valence electrons. The number of halogens is 1. The van der Waals surface area contributed by atoms with Crippen LogP contribution in [0.5, 0.6) is 0 Å². The fourth-order valence-corrected chi connectivity index (χ4v) is 1.33. The van der Waals surface area contributed by atoms with Gasteiger partial charge in [0.05, 0.1) is 12.7 Å². The lowest BCUT2D eigenvalue weighted by Crippen LogP contribution is -2.19.